The van der Waals surface area contributed by atoms with Gasteiger partial charge in [0.15, 0.2) is 5.78 Å². The zero-order valence-corrected chi connectivity index (χ0v) is 14.1. The fourth-order valence-corrected chi connectivity index (χ4v) is 2.80. The first-order chi connectivity index (χ1) is 11.4. The number of hydrogen-bond donors (Lipinski definition) is 2. The monoisotopic (exact) mass is 350 g/mol. The highest BCUT2D eigenvalue weighted by Crippen LogP contribution is 2.38. The van der Waals surface area contributed by atoms with Crippen molar-refractivity contribution in [2.45, 2.75) is 6.16 Å². The van der Waals surface area contributed by atoms with Crippen molar-refractivity contribution in [2.75, 3.05) is 20.3 Å². The maximum Gasteiger partial charge on any atom is 0.329 e. The molecule has 0 bridgehead atoms. The van der Waals surface area contributed by atoms with Crippen molar-refractivity contribution in [3.05, 3.63) is 65.2 Å². The average Bonchev–Trinajstić information content (AvgIpc) is 2.54. The van der Waals surface area contributed by atoms with E-state index in [-0.39, 0.29) is 11.9 Å². The maximum atomic E-state index is 12.4. The van der Waals surface area contributed by atoms with Crippen molar-refractivity contribution in [1.82, 2.24) is 0 Å². The lowest BCUT2D eigenvalue weighted by molar-refractivity contribution is 0.103. The van der Waals surface area contributed by atoms with Crippen molar-refractivity contribution >= 4 is 13.4 Å². The van der Waals surface area contributed by atoms with E-state index in [4.69, 9.17) is 19.3 Å². The third-order valence-electron chi connectivity index (χ3n) is 3.28. The first-order valence-electron chi connectivity index (χ1n) is 7.29. The minimum atomic E-state index is -4.11. The van der Waals surface area contributed by atoms with Gasteiger partial charge in [-0.25, -0.2) is 0 Å². The second-order valence-corrected chi connectivity index (χ2v) is 6.86. The molecule has 6 nitrogen and oxygen atoms in total. The fraction of sp³-hybridized carbons (Fsp3) is 0.235. The van der Waals surface area contributed by atoms with Crippen LogP contribution in [0.4, 0.5) is 0 Å². The van der Waals surface area contributed by atoms with Crippen molar-refractivity contribution in [1.29, 1.82) is 0 Å². The van der Waals surface area contributed by atoms with Gasteiger partial charge in [0.2, 0.25) is 0 Å². The molecule has 24 heavy (non-hydrogen) atoms. The average molecular weight is 350 g/mol. The van der Waals surface area contributed by atoms with E-state index >= 15 is 0 Å². The van der Waals surface area contributed by atoms with E-state index in [1.54, 1.807) is 55.6 Å². The second-order valence-electron chi connectivity index (χ2n) is 5.21. The molecule has 0 unspecified atom stereocenters. The Morgan fingerprint density at radius 3 is 2.00 bits per heavy atom. The highest BCUT2D eigenvalue weighted by molar-refractivity contribution is 7.50. The molecule has 2 aromatic rings. The van der Waals surface area contributed by atoms with E-state index in [1.807, 2.05) is 0 Å². The molecule has 0 atom stereocenters. The van der Waals surface area contributed by atoms with Crippen LogP contribution >= 0.6 is 7.60 Å². The van der Waals surface area contributed by atoms with Crippen LogP contribution in [0.3, 0.4) is 0 Å². The van der Waals surface area contributed by atoms with E-state index in [0.29, 0.717) is 35.7 Å². The maximum absolute atomic E-state index is 12.4. The van der Waals surface area contributed by atoms with Gasteiger partial charge in [0.05, 0.1) is 12.8 Å². The Balaban J connectivity index is 2.04. The molecule has 0 saturated heterocycles. The summed E-state index contributed by atoms with van der Waals surface area (Å²) in [6.07, 6.45) is -0.338. The van der Waals surface area contributed by atoms with Crippen molar-refractivity contribution in [2.24, 2.45) is 0 Å². The molecule has 0 fully saturated rings. The van der Waals surface area contributed by atoms with Crippen molar-refractivity contribution in [3.8, 4) is 5.75 Å². The molecular formula is C17H19O6P. The van der Waals surface area contributed by atoms with Gasteiger partial charge >= 0.3 is 7.60 Å². The predicted octanol–water partition coefficient (Wildman–Crippen LogP) is 2.62. The molecule has 0 heterocycles. The summed E-state index contributed by atoms with van der Waals surface area (Å²) in [5, 5.41) is 0. The van der Waals surface area contributed by atoms with Crippen LogP contribution in [0.1, 0.15) is 21.5 Å². The van der Waals surface area contributed by atoms with E-state index in [1.165, 1.54) is 0 Å². The number of benzene rings is 2. The topological polar surface area (TPSA) is 93.1 Å². The molecular weight excluding hydrogens is 331 g/mol. The summed E-state index contributed by atoms with van der Waals surface area (Å²) in [6, 6.07) is 13.0. The third kappa shape index (κ3) is 5.58. The molecule has 2 aromatic carbocycles. The molecule has 2 N–H and O–H groups in total. The minimum absolute atomic E-state index is 0.166. The summed E-state index contributed by atoms with van der Waals surface area (Å²) in [4.78, 5) is 30.3. The van der Waals surface area contributed by atoms with Gasteiger partial charge in [0.25, 0.3) is 0 Å². The Morgan fingerprint density at radius 2 is 1.50 bits per heavy atom. The van der Waals surface area contributed by atoms with Crippen LogP contribution in [0, 0.1) is 0 Å². The molecule has 0 aromatic heterocycles. The van der Waals surface area contributed by atoms with Gasteiger partial charge in [0, 0.05) is 18.2 Å². The Morgan fingerprint density at radius 1 is 0.958 bits per heavy atom. The second kappa shape index (κ2) is 8.22. The highest BCUT2D eigenvalue weighted by atomic mass is 31.2. The van der Waals surface area contributed by atoms with Crippen LogP contribution in [0.5, 0.6) is 5.75 Å². The summed E-state index contributed by atoms with van der Waals surface area (Å²) in [7, 11) is -2.52. The standard InChI is InChI=1S/C17H19O6P/c1-22-10-11-23-16-8-6-15(7-9-16)17(18)14-4-2-13(3-5-14)12-24(19,20)21/h2-9H,10-12H2,1H3,(H2,19,20,21). The van der Waals surface area contributed by atoms with Gasteiger partial charge in [-0.1, -0.05) is 24.3 Å². The lowest BCUT2D eigenvalue weighted by Gasteiger charge is -2.07. The van der Waals surface area contributed by atoms with E-state index in [9.17, 15) is 9.36 Å². The van der Waals surface area contributed by atoms with Gasteiger partial charge < -0.3 is 19.3 Å². The Kier molecular flexibility index (Phi) is 6.29. The minimum Gasteiger partial charge on any atom is -0.491 e. The van der Waals surface area contributed by atoms with Gasteiger partial charge in [-0.2, -0.15) is 0 Å². The molecule has 0 aliphatic rings. The van der Waals surface area contributed by atoms with E-state index in [0.717, 1.165) is 0 Å². The van der Waals surface area contributed by atoms with Crippen LogP contribution in [0.15, 0.2) is 48.5 Å². The molecule has 0 aliphatic heterocycles. The van der Waals surface area contributed by atoms with Crippen molar-refractivity contribution in [3.63, 3.8) is 0 Å². The molecule has 0 spiro atoms. The number of methoxy groups -OCH3 is 1. The van der Waals surface area contributed by atoms with E-state index in [2.05, 4.69) is 0 Å². The van der Waals surface area contributed by atoms with Crippen LogP contribution in [0.25, 0.3) is 0 Å². The lowest BCUT2D eigenvalue weighted by Crippen LogP contribution is -2.05. The molecule has 0 amide bonds. The first kappa shape index (κ1) is 18.4. The normalized spacial score (nSPS) is 11.3. The zero-order chi connectivity index (χ0) is 17.6. The van der Waals surface area contributed by atoms with E-state index < -0.39 is 7.60 Å². The molecule has 7 heteroatoms. The summed E-state index contributed by atoms with van der Waals surface area (Å²) >= 11 is 0. The number of carbonyl (C=O) groups is 1. The third-order valence-corrected chi connectivity index (χ3v) is 4.05. The van der Waals surface area contributed by atoms with Crippen LogP contribution in [0.2, 0.25) is 0 Å². The SMILES string of the molecule is COCCOc1ccc(C(=O)c2ccc(CP(=O)(O)O)cc2)cc1. The van der Waals surface area contributed by atoms with Crippen LogP contribution in [-0.2, 0) is 15.5 Å². The van der Waals surface area contributed by atoms with Gasteiger partial charge in [-0.15, -0.1) is 0 Å². The Bertz CT molecular complexity index is 718. The Hall–Kier alpha value is -1.98. The lowest BCUT2D eigenvalue weighted by atomic mass is 10.0. The Labute approximate surface area is 140 Å². The van der Waals surface area contributed by atoms with Gasteiger partial charge in [-0.3, -0.25) is 9.36 Å². The van der Waals surface area contributed by atoms with Gasteiger partial charge in [-0.05, 0) is 29.8 Å². The zero-order valence-electron chi connectivity index (χ0n) is 13.2. The molecule has 0 radical (unpaired) electrons. The number of ether oxygens (including phenoxy) is 2. The van der Waals surface area contributed by atoms with Crippen LogP contribution in [-0.4, -0.2) is 35.9 Å². The number of rotatable bonds is 8. The number of carbonyl (C=O) groups excluding carboxylic acids is 1. The molecule has 0 saturated carbocycles. The quantitative estimate of drug-likeness (QED) is 0.432. The van der Waals surface area contributed by atoms with Gasteiger partial charge in [0.1, 0.15) is 12.4 Å². The summed E-state index contributed by atoms with van der Waals surface area (Å²) in [5.74, 6) is 0.488. The summed E-state index contributed by atoms with van der Waals surface area (Å²) < 4.78 is 21.3. The largest absolute Gasteiger partial charge is 0.491 e. The molecule has 2 rings (SSSR count). The first-order valence-corrected chi connectivity index (χ1v) is 9.09. The predicted molar refractivity (Wildman–Crippen MR) is 89.4 cm³/mol. The summed E-state index contributed by atoms with van der Waals surface area (Å²) in [5.41, 5.74) is 1.45. The molecule has 0 aliphatic carbocycles. The number of hydrogen-bond acceptors (Lipinski definition) is 4. The van der Waals surface area contributed by atoms with Crippen molar-refractivity contribution < 1.29 is 28.6 Å². The summed E-state index contributed by atoms with van der Waals surface area (Å²) in [6.45, 7) is 0.923. The number of ketones is 1. The highest BCUT2D eigenvalue weighted by Gasteiger charge is 2.15. The molecule has 128 valence electrons. The fourth-order valence-electron chi connectivity index (χ4n) is 2.11. The smallest absolute Gasteiger partial charge is 0.329 e. The van der Waals surface area contributed by atoms with Crippen LogP contribution < -0.4 is 4.74 Å².